The average Bonchev–Trinajstić information content (AvgIpc) is 2.38. The molecule has 0 spiro atoms. The summed E-state index contributed by atoms with van der Waals surface area (Å²) in [7, 11) is 1.33. The van der Waals surface area contributed by atoms with E-state index in [1.165, 1.54) is 27.0 Å². The normalized spacial score (nSPS) is 11.6. The fourth-order valence-electron chi connectivity index (χ4n) is 1.55. The van der Waals surface area contributed by atoms with E-state index in [0.29, 0.717) is 5.56 Å². The summed E-state index contributed by atoms with van der Waals surface area (Å²) >= 11 is 0. The minimum absolute atomic E-state index is 0.0350. The summed E-state index contributed by atoms with van der Waals surface area (Å²) in [4.78, 5) is 32.8. The molecule has 1 rings (SSSR count). The van der Waals surface area contributed by atoms with Crippen LogP contribution >= 0.6 is 0 Å². The number of nitrogens with one attached hydrogen (secondary N) is 1. The molecule has 0 fully saturated rings. The van der Waals surface area contributed by atoms with E-state index < -0.39 is 22.8 Å². The van der Waals surface area contributed by atoms with E-state index in [-0.39, 0.29) is 17.0 Å². The van der Waals surface area contributed by atoms with Gasteiger partial charge in [0.2, 0.25) is 0 Å². The number of nitrogens with zero attached hydrogens (tertiary/aromatic N) is 1. The Morgan fingerprint density at radius 2 is 2.05 bits per heavy atom. The standard InChI is InChI=1S/C12H14N2O6/c1-6-9(14(18)19)4-8(5-10(6)20-3)11(15)13-7(2)12(16)17/h4-5,7H,1-3H3,(H,13,15)(H,16,17). The van der Waals surface area contributed by atoms with Gasteiger partial charge in [0, 0.05) is 11.6 Å². The Kier molecular flexibility index (Phi) is 4.63. The van der Waals surface area contributed by atoms with Crippen molar-refractivity contribution in [3.05, 3.63) is 33.4 Å². The third-order valence-corrected chi connectivity index (χ3v) is 2.73. The number of ether oxygens (including phenoxy) is 1. The molecule has 8 heteroatoms. The van der Waals surface area contributed by atoms with Gasteiger partial charge in [-0.05, 0) is 19.9 Å². The lowest BCUT2D eigenvalue weighted by Crippen LogP contribution is -2.38. The van der Waals surface area contributed by atoms with Gasteiger partial charge in [0.05, 0.1) is 17.6 Å². The highest BCUT2D eigenvalue weighted by molar-refractivity contribution is 5.97. The maximum atomic E-state index is 11.9. The number of aliphatic carboxylic acids is 1. The van der Waals surface area contributed by atoms with Crippen molar-refractivity contribution < 1.29 is 24.4 Å². The van der Waals surface area contributed by atoms with Gasteiger partial charge >= 0.3 is 5.97 Å². The highest BCUT2D eigenvalue weighted by atomic mass is 16.6. The van der Waals surface area contributed by atoms with Crippen LogP contribution in [0.15, 0.2) is 12.1 Å². The summed E-state index contributed by atoms with van der Waals surface area (Å²) in [5.41, 5.74) is -0.00920. The van der Waals surface area contributed by atoms with Crippen molar-refractivity contribution in [1.29, 1.82) is 0 Å². The van der Waals surface area contributed by atoms with Crippen LogP contribution in [0.2, 0.25) is 0 Å². The number of amides is 1. The molecule has 1 atom stereocenters. The topological polar surface area (TPSA) is 119 Å². The molecule has 0 aliphatic heterocycles. The van der Waals surface area contributed by atoms with Crippen LogP contribution in [0, 0.1) is 17.0 Å². The first kappa shape index (κ1) is 15.4. The van der Waals surface area contributed by atoms with Gasteiger partial charge in [-0.1, -0.05) is 0 Å². The molecule has 2 N–H and O–H groups in total. The third-order valence-electron chi connectivity index (χ3n) is 2.73. The third kappa shape index (κ3) is 3.22. The predicted molar refractivity (Wildman–Crippen MR) is 68.9 cm³/mol. The first-order chi connectivity index (χ1) is 9.27. The van der Waals surface area contributed by atoms with E-state index in [9.17, 15) is 19.7 Å². The van der Waals surface area contributed by atoms with Crippen LogP contribution in [0.5, 0.6) is 5.75 Å². The fourth-order valence-corrected chi connectivity index (χ4v) is 1.55. The molecule has 0 aliphatic rings. The van der Waals surface area contributed by atoms with E-state index >= 15 is 0 Å². The fraction of sp³-hybridized carbons (Fsp3) is 0.333. The van der Waals surface area contributed by atoms with Crippen molar-refractivity contribution >= 4 is 17.6 Å². The molecule has 0 aromatic heterocycles. The number of benzene rings is 1. The summed E-state index contributed by atoms with van der Waals surface area (Å²) in [5.74, 6) is -1.74. The molecular formula is C12H14N2O6. The van der Waals surface area contributed by atoms with Crippen molar-refractivity contribution in [2.24, 2.45) is 0 Å². The molecule has 108 valence electrons. The summed E-state index contributed by atoms with van der Waals surface area (Å²) in [6.45, 7) is 2.79. The highest BCUT2D eigenvalue weighted by Crippen LogP contribution is 2.29. The average molecular weight is 282 g/mol. The summed E-state index contributed by atoms with van der Waals surface area (Å²) in [5, 5.41) is 21.9. The maximum Gasteiger partial charge on any atom is 0.325 e. The number of hydrogen-bond donors (Lipinski definition) is 2. The Morgan fingerprint density at radius 3 is 2.50 bits per heavy atom. The van der Waals surface area contributed by atoms with Gasteiger partial charge < -0.3 is 15.2 Å². The first-order valence-corrected chi connectivity index (χ1v) is 5.64. The second-order valence-corrected chi connectivity index (χ2v) is 4.11. The first-order valence-electron chi connectivity index (χ1n) is 5.64. The molecule has 8 nitrogen and oxygen atoms in total. The van der Waals surface area contributed by atoms with Crippen molar-refractivity contribution in [1.82, 2.24) is 5.32 Å². The van der Waals surface area contributed by atoms with Gasteiger partial charge in [-0.2, -0.15) is 0 Å². The van der Waals surface area contributed by atoms with Crippen LogP contribution in [0.1, 0.15) is 22.8 Å². The molecule has 0 radical (unpaired) electrons. The van der Waals surface area contributed by atoms with E-state index in [1.54, 1.807) is 0 Å². The zero-order valence-corrected chi connectivity index (χ0v) is 11.2. The van der Waals surface area contributed by atoms with Crippen molar-refractivity contribution in [3.63, 3.8) is 0 Å². The largest absolute Gasteiger partial charge is 0.496 e. The molecule has 1 aromatic carbocycles. The lowest BCUT2D eigenvalue weighted by molar-refractivity contribution is -0.385. The number of hydrogen-bond acceptors (Lipinski definition) is 5. The van der Waals surface area contributed by atoms with Crippen LogP contribution < -0.4 is 10.1 Å². The molecule has 20 heavy (non-hydrogen) atoms. The van der Waals surface area contributed by atoms with Gasteiger partial charge in [-0.25, -0.2) is 0 Å². The van der Waals surface area contributed by atoms with Crippen LogP contribution in [-0.2, 0) is 4.79 Å². The van der Waals surface area contributed by atoms with Crippen LogP contribution in [0.3, 0.4) is 0 Å². The van der Waals surface area contributed by atoms with Gasteiger partial charge in [0.25, 0.3) is 11.6 Å². The van der Waals surface area contributed by atoms with E-state index in [0.717, 1.165) is 6.07 Å². The summed E-state index contributed by atoms with van der Waals surface area (Å²) in [6.07, 6.45) is 0. The van der Waals surface area contributed by atoms with Gasteiger partial charge in [-0.3, -0.25) is 19.7 Å². The number of carbonyl (C=O) groups excluding carboxylic acids is 1. The zero-order valence-electron chi connectivity index (χ0n) is 11.2. The van der Waals surface area contributed by atoms with Gasteiger partial charge in [0.15, 0.2) is 0 Å². The van der Waals surface area contributed by atoms with Gasteiger partial charge in [-0.15, -0.1) is 0 Å². The second-order valence-electron chi connectivity index (χ2n) is 4.11. The molecule has 0 saturated heterocycles. The van der Waals surface area contributed by atoms with E-state index in [1.807, 2.05) is 0 Å². The Balaban J connectivity index is 3.18. The number of carbonyl (C=O) groups is 2. The molecule has 0 bridgehead atoms. The number of carboxylic acid groups (broad SMARTS) is 1. The molecule has 1 unspecified atom stereocenters. The van der Waals surface area contributed by atoms with Crippen LogP contribution in [0.25, 0.3) is 0 Å². The molecule has 1 amide bonds. The predicted octanol–water partition coefficient (Wildman–Crippen LogP) is 1.11. The Hall–Kier alpha value is -2.64. The van der Waals surface area contributed by atoms with Gasteiger partial charge in [0.1, 0.15) is 11.8 Å². The highest BCUT2D eigenvalue weighted by Gasteiger charge is 2.22. The Morgan fingerprint density at radius 1 is 1.45 bits per heavy atom. The number of methoxy groups -OCH3 is 1. The van der Waals surface area contributed by atoms with Crippen LogP contribution in [0.4, 0.5) is 5.69 Å². The molecule has 0 aliphatic carbocycles. The monoisotopic (exact) mass is 282 g/mol. The lowest BCUT2D eigenvalue weighted by atomic mass is 10.1. The van der Waals surface area contributed by atoms with E-state index in [2.05, 4.69) is 5.32 Å². The number of carboxylic acids is 1. The van der Waals surface area contributed by atoms with Crippen molar-refractivity contribution in [2.75, 3.05) is 7.11 Å². The van der Waals surface area contributed by atoms with Crippen molar-refractivity contribution in [3.8, 4) is 5.75 Å². The smallest absolute Gasteiger partial charge is 0.325 e. The molecule has 0 heterocycles. The quantitative estimate of drug-likeness (QED) is 0.617. The maximum absolute atomic E-state index is 11.9. The number of nitro groups is 1. The van der Waals surface area contributed by atoms with Crippen LogP contribution in [-0.4, -0.2) is 35.1 Å². The summed E-state index contributed by atoms with van der Waals surface area (Å²) < 4.78 is 4.98. The second kappa shape index (κ2) is 6.00. The Bertz CT molecular complexity index is 569. The molecule has 1 aromatic rings. The zero-order chi connectivity index (χ0) is 15.4. The number of rotatable bonds is 5. The van der Waals surface area contributed by atoms with E-state index in [4.69, 9.17) is 9.84 Å². The minimum Gasteiger partial charge on any atom is -0.496 e. The summed E-state index contributed by atoms with van der Waals surface area (Å²) in [6, 6.07) is 1.31. The lowest BCUT2D eigenvalue weighted by Gasteiger charge is -2.11. The Labute approximate surface area is 114 Å². The number of nitro benzene ring substituents is 1. The minimum atomic E-state index is -1.20. The SMILES string of the molecule is COc1cc(C(=O)NC(C)C(=O)O)cc([N+](=O)[O-])c1C. The molecule has 0 saturated carbocycles. The van der Waals surface area contributed by atoms with Crippen molar-refractivity contribution in [2.45, 2.75) is 19.9 Å². The molecular weight excluding hydrogens is 268 g/mol.